The van der Waals surface area contributed by atoms with Gasteiger partial charge in [-0.25, -0.2) is 9.48 Å². The van der Waals surface area contributed by atoms with Gasteiger partial charge in [0.15, 0.2) is 0 Å². The average Bonchev–Trinajstić information content (AvgIpc) is 2.58. The maximum Gasteiger partial charge on any atom is 0.410 e. The minimum atomic E-state index is -0.497. The number of hydrogen-bond acceptors (Lipinski definition) is 6. The van der Waals surface area contributed by atoms with Crippen LogP contribution >= 0.6 is 11.8 Å². The van der Waals surface area contributed by atoms with Crippen molar-refractivity contribution in [2.45, 2.75) is 37.3 Å². The van der Waals surface area contributed by atoms with E-state index in [4.69, 9.17) is 15.7 Å². The van der Waals surface area contributed by atoms with E-state index in [-0.39, 0.29) is 12.1 Å². The Morgan fingerprint density at radius 2 is 2.25 bits per heavy atom. The monoisotopic (exact) mass is 295 g/mol. The Bertz CT molecular complexity index is 551. The summed E-state index contributed by atoms with van der Waals surface area (Å²) < 4.78 is 6.93. The molecule has 2 heterocycles. The van der Waals surface area contributed by atoms with E-state index >= 15 is 0 Å². The second kappa shape index (κ2) is 5.25. The topological polar surface area (TPSA) is 97.2 Å². The third kappa shape index (κ3) is 2.99. The first kappa shape index (κ1) is 14.5. The van der Waals surface area contributed by atoms with Gasteiger partial charge in [-0.15, -0.1) is 0 Å². The number of aromatic nitrogens is 2. The molecular weight excluding hydrogens is 278 g/mol. The molecule has 8 heteroatoms. The van der Waals surface area contributed by atoms with Gasteiger partial charge in [-0.2, -0.15) is 10.4 Å². The first-order valence-electron chi connectivity index (χ1n) is 6.18. The summed E-state index contributed by atoms with van der Waals surface area (Å²) in [5.74, 6) is 0.463. The van der Waals surface area contributed by atoms with Crippen LogP contribution in [-0.2, 0) is 4.74 Å². The van der Waals surface area contributed by atoms with Gasteiger partial charge in [0, 0.05) is 13.1 Å². The van der Waals surface area contributed by atoms with Crippen molar-refractivity contribution < 1.29 is 9.53 Å². The summed E-state index contributed by atoms with van der Waals surface area (Å²) in [7, 11) is 0. The summed E-state index contributed by atoms with van der Waals surface area (Å²) in [5, 5.41) is 14.8. The number of likely N-dealkylation sites (tertiary alicyclic amines) is 1. The van der Waals surface area contributed by atoms with E-state index < -0.39 is 5.60 Å². The number of amides is 1. The molecule has 1 aromatic heterocycles. The number of hydrogen-bond donors (Lipinski definition) is 1. The molecule has 1 aromatic rings. The number of thiocyanates is 1. The molecular formula is C12H17N5O2S. The van der Waals surface area contributed by atoms with Crippen LogP contribution in [0.1, 0.15) is 26.8 Å². The molecule has 0 aliphatic carbocycles. The summed E-state index contributed by atoms with van der Waals surface area (Å²) in [6, 6.07) is 0.0376. The van der Waals surface area contributed by atoms with Crippen LogP contribution in [0.5, 0.6) is 0 Å². The van der Waals surface area contributed by atoms with Gasteiger partial charge >= 0.3 is 6.09 Å². The van der Waals surface area contributed by atoms with Crippen molar-refractivity contribution in [2.75, 3.05) is 18.8 Å². The Morgan fingerprint density at radius 3 is 2.80 bits per heavy atom. The second-order valence-corrected chi connectivity index (χ2v) is 6.40. The summed E-state index contributed by atoms with van der Waals surface area (Å²) >= 11 is 0.982. The van der Waals surface area contributed by atoms with Crippen molar-refractivity contribution in [2.24, 2.45) is 0 Å². The van der Waals surface area contributed by atoms with Crippen LogP contribution in [0.4, 0.5) is 10.6 Å². The molecule has 0 saturated carbocycles. The van der Waals surface area contributed by atoms with Crippen molar-refractivity contribution in [1.29, 1.82) is 5.26 Å². The Labute approximate surface area is 121 Å². The van der Waals surface area contributed by atoms with Gasteiger partial charge in [-0.3, -0.25) is 0 Å². The van der Waals surface area contributed by atoms with E-state index in [1.54, 1.807) is 15.8 Å². The lowest BCUT2D eigenvalue weighted by Crippen LogP contribution is -2.52. The summed E-state index contributed by atoms with van der Waals surface area (Å²) in [6.45, 7) is 6.52. The molecule has 0 radical (unpaired) electrons. The highest BCUT2D eigenvalue weighted by Crippen LogP contribution is 2.30. The number of nitrogens with zero attached hydrogens (tertiary/aromatic N) is 4. The van der Waals surface area contributed by atoms with Crippen molar-refractivity contribution in [3.63, 3.8) is 0 Å². The lowest BCUT2D eigenvalue weighted by Gasteiger charge is -2.39. The highest BCUT2D eigenvalue weighted by atomic mass is 32.2. The number of nitrogen functional groups attached to an aromatic ring is 1. The van der Waals surface area contributed by atoms with Crippen LogP contribution in [0, 0.1) is 10.7 Å². The molecule has 1 fully saturated rings. The molecule has 1 aliphatic heterocycles. The van der Waals surface area contributed by atoms with Crippen LogP contribution in [0.2, 0.25) is 0 Å². The zero-order valence-electron chi connectivity index (χ0n) is 11.7. The molecule has 1 aliphatic rings. The number of ether oxygens (including phenoxy) is 1. The van der Waals surface area contributed by atoms with Gasteiger partial charge in [0.1, 0.15) is 16.8 Å². The molecule has 1 saturated heterocycles. The quantitative estimate of drug-likeness (QED) is 0.660. The van der Waals surface area contributed by atoms with Crippen LogP contribution in [0.25, 0.3) is 0 Å². The van der Waals surface area contributed by atoms with Gasteiger partial charge < -0.3 is 15.4 Å². The second-order valence-electron chi connectivity index (χ2n) is 5.57. The fourth-order valence-corrected chi connectivity index (χ4v) is 2.26. The normalized spacial score (nSPS) is 15.6. The molecule has 0 bridgehead atoms. The van der Waals surface area contributed by atoms with Gasteiger partial charge in [0.25, 0.3) is 0 Å². The molecule has 0 unspecified atom stereocenters. The number of nitrogens with two attached hydrogens (primary N) is 1. The van der Waals surface area contributed by atoms with E-state index in [1.807, 2.05) is 26.2 Å². The third-order valence-electron chi connectivity index (χ3n) is 2.81. The Kier molecular flexibility index (Phi) is 3.81. The van der Waals surface area contributed by atoms with Gasteiger partial charge in [0.05, 0.1) is 17.1 Å². The largest absolute Gasteiger partial charge is 0.444 e. The maximum atomic E-state index is 11.8. The molecule has 1 amide bonds. The zero-order valence-corrected chi connectivity index (χ0v) is 12.5. The molecule has 20 heavy (non-hydrogen) atoms. The molecule has 2 N–H and O–H groups in total. The Hall–Kier alpha value is -1.88. The van der Waals surface area contributed by atoms with E-state index in [1.165, 1.54) is 0 Å². The molecule has 2 rings (SSSR count). The van der Waals surface area contributed by atoms with Crippen LogP contribution in [0.3, 0.4) is 0 Å². The molecule has 0 atom stereocenters. The smallest absolute Gasteiger partial charge is 0.410 e. The highest BCUT2D eigenvalue weighted by Gasteiger charge is 2.36. The van der Waals surface area contributed by atoms with E-state index in [0.717, 1.165) is 11.8 Å². The summed E-state index contributed by atoms with van der Waals surface area (Å²) in [5.41, 5.74) is 5.42. The number of thioether (sulfide) groups is 1. The lowest BCUT2D eigenvalue weighted by atomic mass is 10.1. The predicted octanol–water partition coefficient (Wildman–Crippen LogP) is 1.83. The predicted molar refractivity (Wildman–Crippen MR) is 75.0 cm³/mol. The number of carbonyl (C=O) groups excluding carboxylic acids is 1. The molecule has 7 nitrogen and oxygen atoms in total. The first-order valence-corrected chi connectivity index (χ1v) is 7.00. The number of carbonyl (C=O) groups is 1. The zero-order chi connectivity index (χ0) is 14.9. The number of rotatable bonds is 2. The lowest BCUT2D eigenvalue weighted by molar-refractivity contribution is -0.000132. The summed E-state index contributed by atoms with van der Waals surface area (Å²) in [6.07, 6.45) is 1.24. The van der Waals surface area contributed by atoms with Crippen molar-refractivity contribution in [1.82, 2.24) is 14.7 Å². The standard InChI is InChI=1S/C12H17N5O2S/c1-12(2,3)19-11(18)16-5-8(6-16)17-10(14)9(4-15-17)20-7-13/h4,8H,5-6,14H2,1-3H3. The minimum absolute atomic E-state index is 0.0376. The van der Waals surface area contributed by atoms with Gasteiger partial charge in [-0.05, 0) is 32.5 Å². The maximum absolute atomic E-state index is 11.8. The molecule has 0 aromatic carbocycles. The fourth-order valence-electron chi connectivity index (χ4n) is 1.86. The third-order valence-corrected chi connectivity index (χ3v) is 3.44. The Morgan fingerprint density at radius 1 is 1.60 bits per heavy atom. The minimum Gasteiger partial charge on any atom is -0.444 e. The van der Waals surface area contributed by atoms with Crippen LogP contribution in [-0.4, -0.2) is 39.5 Å². The highest BCUT2D eigenvalue weighted by molar-refractivity contribution is 8.03. The number of anilines is 1. The number of nitriles is 1. The van der Waals surface area contributed by atoms with Crippen LogP contribution < -0.4 is 5.73 Å². The van der Waals surface area contributed by atoms with Crippen molar-refractivity contribution in [3.8, 4) is 5.40 Å². The van der Waals surface area contributed by atoms with Crippen molar-refractivity contribution >= 4 is 23.7 Å². The SMILES string of the molecule is CC(C)(C)OC(=O)N1CC(n2ncc(SC#N)c2N)C1. The molecule has 108 valence electrons. The average molecular weight is 295 g/mol. The summed E-state index contributed by atoms with van der Waals surface area (Å²) in [4.78, 5) is 14.1. The molecule has 0 spiro atoms. The van der Waals surface area contributed by atoms with Crippen molar-refractivity contribution in [3.05, 3.63) is 6.20 Å². The fraction of sp³-hybridized carbons (Fsp3) is 0.583. The first-order chi connectivity index (χ1) is 9.31. The van der Waals surface area contributed by atoms with E-state index in [0.29, 0.717) is 23.8 Å². The van der Waals surface area contributed by atoms with Gasteiger partial charge in [-0.1, -0.05) is 0 Å². The van der Waals surface area contributed by atoms with Gasteiger partial charge in [0.2, 0.25) is 0 Å². The van der Waals surface area contributed by atoms with E-state index in [9.17, 15) is 4.79 Å². The van der Waals surface area contributed by atoms with E-state index in [2.05, 4.69) is 5.10 Å². The Balaban J connectivity index is 1.94. The van der Waals surface area contributed by atoms with Crippen LogP contribution in [0.15, 0.2) is 11.1 Å².